The van der Waals surface area contributed by atoms with Crippen LogP contribution in [0.25, 0.3) is 0 Å². The van der Waals surface area contributed by atoms with Gasteiger partial charge in [0.15, 0.2) is 0 Å². The number of likely N-dealkylation sites (N-methyl/N-ethyl adjacent to an activating group) is 1. The maximum absolute atomic E-state index is 13.1. The number of amides is 2. The summed E-state index contributed by atoms with van der Waals surface area (Å²) in [5.74, 6) is -1.35. The normalized spacial score (nSPS) is 10.3. The SMILES string of the molecule is CN(CC(=O)Nc1cccc(F)c1)C(=O)c1cc(Cl)ccc1Cl. The first kappa shape index (κ1) is 17.2. The third-order valence-electron chi connectivity index (χ3n) is 2.99. The molecule has 120 valence electrons. The van der Waals surface area contributed by atoms with Gasteiger partial charge in [-0.15, -0.1) is 0 Å². The highest BCUT2D eigenvalue weighted by Gasteiger charge is 2.18. The second-order valence-corrected chi connectivity index (χ2v) is 5.69. The van der Waals surface area contributed by atoms with Crippen LogP contribution in [0.4, 0.5) is 10.1 Å². The van der Waals surface area contributed by atoms with E-state index in [1.807, 2.05) is 0 Å². The molecule has 0 spiro atoms. The quantitative estimate of drug-likeness (QED) is 0.906. The molecule has 0 bridgehead atoms. The fourth-order valence-corrected chi connectivity index (χ4v) is 2.29. The second-order valence-electron chi connectivity index (χ2n) is 4.84. The molecular formula is C16H13Cl2FN2O2. The van der Waals surface area contributed by atoms with Gasteiger partial charge >= 0.3 is 0 Å². The molecule has 7 heteroatoms. The lowest BCUT2D eigenvalue weighted by Crippen LogP contribution is -2.35. The molecule has 0 atom stereocenters. The summed E-state index contributed by atoms with van der Waals surface area (Å²) in [4.78, 5) is 25.4. The van der Waals surface area contributed by atoms with Gasteiger partial charge in [-0.1, -0.05) is 29.3 Å². The number of carbonyl (C=O) groups is 2. The summed E-state index contributed by atoms with van der Waals surface area (Å²) in [6, 6.07) is 10.0. The number of hydrogen-bond acceptors (Lipinski definition) is 2. The highest BCUT2D eigenvalue weighted by atomic mass is 35.5. The lowest BCUT2D eigenvalue weighted by molar-refractivity contribution is -0.116. The predicted octanol–water partition coefficient (Wildman–Crippen LogP) is 3.84. The van der Waals surface area contributed by atoms with Crippen LogP contribution in [0, 0.1) is 5.82 Å². The van der Waals surface area contributed by atoms with E-state index >= 15 is 0 Å². The van der Waals surface area contributed by atoms with Gasteiger partial charge in [0.25, 0.3) is 5.91 Å². The minimum absolute atomic E-state index is 0.209. The van der Waals surface area contributed by atoms with E-state index in [4.69, 9.17) is 23.2 Å². The molecule has 0 aliphatic rings. The Labute approximate surface area is 142 Å². The van der Waals surface area contributed by atoms with Gasteiger partial charge in [0.1, 0.15) is 5.82 Å². The Morgan fingerprint density at radius 2 is 1.91 bits per heavy atom. The lowest BCUT2D eigenvalue weighted by atomic mass is 10.2. The van der Waals surface area contributed by atoms with Crippen LogP contribution in [-0.2, 0) is 4.79 Å². The van der Waals surface area contributed by atoms with Crippen LogP contribution < -0.4 is 5.32 Å². The molecule has 2 aromatic carbocycles. The van der Waals surface area contributed by atoms with Crippen LogP contribution in [0.2, 0.25) is 10.0 Å². The monoisotopic (exact) mass is 354 g/mol. The van der Waals surface area contributed by atoms with Crippen molar-refractivity contribution in [2.45, 2.75) is 0 Å². The summed E-state index contributed by atoms with van der Waals surface area (Å²) in [6.07, 6.45) is 0. The minimum Gasteiger partial charge on any atom is -0.332 e. The number of hydrogen-bond donors (Lipinski definition) is 1. The van der Waals surface area contributed by atoms with Crippen LogP contribution in [0.15, 0.2) is 42.5 Å². The Bertz CT molecular complexity index is 753. The number of benzene rings is 2. The largest absolute Gasteiger partial charge is 0.332 e. The highest BCUT2D eigenvalue weighted by Crippen LogP contribution is 2.21. The number of halogens is 3. The van der Waals surface area contributed by atoms with E-state index < -0.39 is 17.6 Å². The zero-order valence-electron chi connectivity index (χ0n) is 12.1. The van der Waals surface area contributed by atoms with E-state index in [1.165, 1.54) is 42.3 Å². The zero-order chi connectivity index (χ0) is 17.0. The summed E-state index contributed by atoms with van der Waals surface area (Å²) >= 11 is 11.8. The molecule has 0 unspecified atom stereocenters. The molecule has 2 rings (SSSR count). The van der Waals surface area contributed by atoms with Crippen molar-refractivity contribution in [3.63, 3.8) is 0 Å². The number of nitrogens with one attached hydrogen (secondary N) is 1. The van der Waals surface area contributed by atoms with Crippen LogP contribution in [0.1, 0.15) is 10.4 Å². The standard InChI is InChI=1S/C16H13Cl2FN2O2/c1-21(16(23)13-7-10(17)5-6-14(13)18)9-15(22)20-12-4-2-3-11(19)8-12/h2-8H,9H2,1H3,(H,20,22). The van der Waals surface area contributed by atoms with Crippen molar-refractivity contribution in [3.8, 4) is 0 Å². The van der Waals surface area contributed by atoms with Crippen LogP contribution in [0.3, 0.4) is 0 Å². The van der Waals surface area contributed by atoms with E-state index in [0.717, 1.165) is 0 Å². The Morgan fingerprint density at radius 3 is 2.61 bits per heavy atom. The molecule has 2 amide bonds. The molecule has 0 heterocycles. The summed E-state index contributed by atoms with van der Waals surface area (Å²) in [7, 11) is 1.46. The first-order chi connectivity index (χ1) is 10.9. The Balaban J connectivity index is 2.03. The molecule has 0 saturated heterocycles. The van der Waals surface area contributed by atoms with Crippen LogP contribution in [0.5, 0.6) is 0 Å². The molecule has 0 radical (unpaired) electrons. The fraction of sp³-hybridized carbons (Fsp3) is 0.125. The van der Waals surface area contributed by atoms with Gasteiger partial charge in [0, 0.05) is 17.8 Å². The van der Waals surface area contributed by atoms with Gasteiger partial charge < -0.3 is 10.2 Å². The van der Waals surface area contributed by atoms with Gasteiger partial charge in [-0.3, -0.25) is 9.59 Å². The highest BCUT2D eigenvalue weighted by molar-refractivity contribution is 6.35. The van der Waals surface area contributed by atoms with Crippen molar-refractivity contribution in [2.24, 2.45) is 0 Å². The smallest absolute Gasteiger partial charge is 0.255 e. The third kappa shape index (κ3) is 4.68. The van der Waals surface area contributed by atoms with E-state index in [2.05, 4.69) is 5.32 Å². The van der Waals surface area contributed by atoms with E-state index in [9.17, 15) is 14.0 Å². The lowest BCUT2D eigenvalue weighted by Gasteiger charge is -2.17. The average molecular weight is 355 g/mol. The molecule has 1 N–H and O–H groups in total. The third-order valence-corrected chi connectivity index (χ3v) is 3.56. The van der Waals surface area contributed by atoms with Gasteiger partial charge in [-0.05, 0) is 36.4 Å². The Hall–Kier alpha value is -2.11. The molecule has 0 aliphatic carbocycles. The zero-order valence-corrected chi connectivity index (χ0v) is 13.7. The van der Waals surface area contributed by atoms with E-state index in [0.29, 0.717) is 10.7 Å². The first-order valence-corrected chi connectivity index (χ1v) is 7.38. The first-order valence-electron chi connectivity index (χ1n) is 6.63. The fourth-order valence-electron chi connectivity index (χ4n) is 1.92. The molecule has 0 fully saturated rings. The molecule has 2 aromatic rings. The number of rotatable bonds is 4. The van der Waals surface area contributed by atoms with Crippen molar-refractivity contribution in [1.82, 2.24) is 4.90 Å². The van der Waals surface area contributed by atoms with Gasteiger partial charge in [0.2, 0.25) is 5.91 Å². The number of anilines is 1. The number of carbonyl (C=O) groups excluding carboxylic acids is 2. The van der Waals surface area contributed by atoms with Gasteiger partial charge in [-0.2, -0.15) is 0 Å². The summed E-state index contributed by atoms with van der Waals surface area (Å²) in [6.45, 7) is -0.210. The van der Waals surface area contributed by atoms with E-state index in [1.54, 1.807) is 12.1 Å². The molecule has 0 saturated carbocycles. The summed E-state index contributed by atoms with van der Waals surface area (Å²) in [5, 5.41) is 3.13. The van der Waals surface area contributed by atoms with Crippen molar-refractivity contribution < 1.29 is 14.0 Å². The van der Waals surface area contributed by atoms with E-state index in [-0.39, 0.29) is 17.1 Å². The minimum atomic E-state index is -0.460. The van der Waals surface area contributed by atoms with Crippen molar-refractivity contribution in [1.29, 1.82) is 0 Å². The van der Waals surface area contributed by atoms with Gasteiger partial charge in [-0.25, -0.2) is 4.39 Å². The summed E-state index contributed by atoms with van der Waals surface area (Å²) in [5.41, 5.74) is 0.525. The van der Waals surface area contributed by atoms with Crippen molar-refractivity contribution in [2.75, 3.05) is 18.9 Å². The number of nitrogens with zero attached hydrogens (tertiary/aromatic N) is 1. The van der Waals surface area contributed by atoms with Crippen molar-refractivity contribution >= 4 is 40.7 Å². The Morgan fingerprint density at radius 1 is 1.17 bits per heavy atom. The maximum atomic E-state index is 13.1. The summed E-state index contributed by atoms with van der Waals surface area (Å²) < 4.78 is 13.1. The second kappa shape index (κ2) is 7.44. The van der Waals surface area contributed by atoms with Gasteiger partial charge in [0.05, 0.1) is 17.1 Å². The molecule has 0 aromatic heterocycles. The van der Waals surface area contributed by atoms with Crippen LogP contribution in [-0.4, -0.2) is 30.3 Å². The molecular weight excluding hydrogens is 342 g/mol. The van der Waals surface area contributed by atoms with Crippen molar-refractivity contribution in [3.05, 3.63) is 63.9 Å². The average Bonchev–Trinajstić information content (AvgIpc) is 2.48. The molecule has 4 nitrogen and oxygen atoms in total. The molecule has 23 heavy (non-hydrogen) atoms. The molecule has 0 aliphatic heterocycles. The maximum Gasteiger partial charge on any atom is 0.255 e. The predicted molar refractivity (Wildman–Crippen MR) is 88.5 cm³/mol. The topological polar surface area (TPSA) is 49.4 Å². The Kier molecular flexibility index (Phi) is 5.58. The van der Waals surface area contributed by atoms with Crippen LogP contribution >= 0.6 is 23.2 Å².